The number of pyridine rings is 1. The van der Waals surface area contributed by atoms with Gasteiger partial charge in [-0.1, -0.05) is 37.1 Å². The van der Waals surface area contributed by atoms with Crippen LogP contribution in [0.5, 0.6) is 5.75 Å². The van der Waals surface area contributed by atoms with Crippen LogP contribution in [0, 0.1) is 6.92 Å². The van der Waals surface area contributed by atoms with Crippen LogP contribution in [0.1, 0.15) is 41.5 Å². The molecule has 3 aromatic rings. The summed E-state index contributed by atoms with van der Waals surface area (Å²) in [4.78, 5) is 21.6. The Morgan fingerprint density at radius 1 is 1.10 bits per heavy atom. The first-order valence-electron chi connectivity index (χ1n) is 10.6. The van der Waals surface area contributed by atoms with Gasteiger partial charge >= 0.3 is 0 Å². The quantitative estimate of drug-likeness (QED) is 0.508. The van der Waals surface area contributed by atoms with E-state index in [4.69, 9.17) is 4.74 Å². The molecule has 0 saturated carbocycles. The minimum Gasteiger partial charge on any atom is -0.492 e. The molecule has 0 N–H and O–H groups in total. The minimum atomic E-state index is -0.0218. The smallest absolute Gasteiger partial charge is 0.274 e. The number of rotatable bonds is 10. The predicted octanol–water partition coefficient (Wildman–Crippen LogP) is 4.03. The molecule has 0 radical (unpaired) electrons. The molecular formula is C24H32N4O2. The lowest BCUT2D eigenvalue weighted by molar-refractivity contribution is 0.0786. The Hall–Kier alpha value is -2.86. The summed E-state index contributed by atoms with van der Waals surface area (Å²) < 4.78 is 7.87. The molecule has 0 aliphatic carbocycles. The van der Waals surface area contributed by atoms with Crippen molar-refractivity contribution in [2.45, 2.75) is 33.2 Å². The van der Waals surface area contributed by atoms with Crippen molar-refractivity contribution in [3.8, 4) is 5.75 Å². The van der Waals surface area contributed by atoms with Gasteiger partial charge < -0.3 is 14.0 Å². The molecule has 0 spiro atoms. The molecule has 6 nitrogen and oxygen atoms in total. The molecule has 0 atom stereocenters. The molecule has 2 heterocycles. The van der Waals surface area contributed by atoms with E-state index in [2.05, 4.69) is 23.7 Å². The second kappa shape index (κ2) is 10.3. The van der Waals surface area contributed by atoms with Gasteiger partial charge in [0.2, 0.25) is 0 Å². The van der Waals surface area contributed by atoms with Gasteiger partial charge in [0, 0.05) is 32.9 Å². The SMILES string of the molecule is CCCCN(C)C(=O)c1nc2ccccn2c1CN(C)CCOc1ccc(C)cc1. The molecule has 0 aliphatic heterocycles. The van der Waals surface area contributed by atoms with E-state index in [1.54, 1.807) is 4.90 Å². The zero-order chi connectivity index (χ0) is 21.5. The number of unbranched alkanes of at least 4 members (excludes halogenated alkanes) is 1. The number of carbonyl (C=O) groups excluding carboxylic acids is 1. The topological polar surface area (TPSA) is 50.1 Å². The average Bonchev–Trinajstić information content (AvgIpc) is 3.11. The van der Waals surface area contributed by atoms with Gasteiger partial charge in [-0.15, -0.1) is 0 Å². The average molecular weight is 409 g/mol. The first-order chi connectivity index (χ1) is 14.5. The third-order valence-corrected chi connectivity index (χ3v) is 5.21. The number of nitrogens with zero attached hydrogens (tertiary/aromatic N) is 4. The van der Waals surface area contributed by atoms with Crippen LogP contribution < -0.4 is 4.74 Å². The summed E-state index contributed by atoms with van der Waals surface area (Å²) in [5.41, 5.74) is 3.46. The molecule has 3 rings (SSSR count). The minimum absolute atomic E-state index is 0.0218. The first kappa shape index (κ1) is 21.8. The maximum atomic E-state index is 13.1. The maximum absolute atomic E-state index is 13.1. The van der Waals surface area contributed by atoms with E-state index < -0.39 is 0 Å². The van der Waals surface area contributed by atoms with Gasteiger partial charge in [-0.3, -0.25) is 9.69 Å². The van der Waals surface area contributed by atoms with Crippen LogP contribution in [-0.2, 0) is 6.54 Å². The molecule has 1 aromatic carbocycles. The van der Waals surface area contributed by atoms with Crippen molar-refractivity contribution in [3.05, 3.63) is 65.6 Å². The lowest BCUT2D eigenvalue weighted by Crippen LogP contribution is -2.30. The maximum Gasteiger partial charge on any atom is 0.274 e. The number of fused-ring (bicyclic) bond motifs is 1. The second-order valence-electron chi connectivity index (χ2n) is 7.82. The van der Waals surface area contributed by atoms with Crippen molar-refractivity contribution in [3.63, 3.8) is 0 Å². The van der Waals surface area contributed by atoms with Crippen molar-refractivity contribution in [2.75, 3.05) is 33.8 Å². The van der Waals surface area contributed by atoms with E-state index in [1.165, 1.54) is 5.56 Å². The van der Waals surface area contributed by atoms with Gasteiger partial charge in [-0.2, -0.15) is 0 Å². The highest BCUT2D eigenvalue weighted by Crippen LogP contribution is 2.17. The third kappa shape index (κ3) is 5.39. The number of carbonyl (C=O) groups is 1. The van der Waals surface area contributed by atoms with E-state index in [9.17, 15) is 4.79 Å². The third-order valence-electron chi connectivity index (χ3n) is 5.21. The van der Waals surface area contributed by atoms with E-state index in [1.807, 2.05) is 67.2 Å². The lowest BCUT2D eigenvalue weighted by atomic mass is 10.2. The fourth-order valence-corrected chi connectivity index (χ4v) is 3.34. The second-order valence-corrected chi connectivity index (χ2v) is 7.82. The predicted molar refractivity (Wildman–Crippen MR) is 120 cm³/mol. The highest BCUT2D eigenvalue weighted by Gasteiger charge is 2.22. The standard InChI is InChI=1S/C24H32N4O2/c1-5-6-14-27(4)24(29)23-21(28-15-8-7-9-22(28)25-23)18-26(3)16-17-30-20-12-10-19(2)11-13-20/h7-13,15H,5-6,14,16-18H2,1-4H3. The number of hydrogen-bond acceptors (Lipinski definition) is 4. The van der Waals surface area contributed by atoms with Gasteiger partial charge in [0.15, 0.2) is 5.69 Å². The molecule has 160 valence electrons. The summed E-state index contributed by atoms with van der Waals surface area (Å²) in [6.45, 7) is 6.87. The van der Waals surface area contributed by atoms with Crippen molar-refractivity contribution >= 4 is 11.6 Å². The van der Waals surface area contributed by atoms with Gasteiger partial charge in [-0.25, -0.2) is 4.98 Å². The zero-order valence-electron chi connectivity index (χ0n) is 18.5. The molecule has 0 unspecified atom stereocenters. The van der Waals surface area contributed by atoms with Crippen LogP contribution in [0.3, 0.4) is 0 Å². The lowest BCUT2D eigenvalue weighted by Gasteiger charge is -2.19. The highest BCUT2D eigenvalue weighted by molar-refractivity contribution is 5.94. The summed E-state index contributed by atoms with van der Waals surface area (Å²) >= 11 is 0. The fraction of sp³-hybridized carbons (Fsp3) is 0.417. The number of benzene rings is 1. The van der Waals surface area contributed by atoms with Crippen LogP contribution in [0.25, 0.3) is 5.65 Å². The Kier molecular flexibility index (Phi) is 7.46. The monoisotopic (exact) mass is 408 g/mol. The molecule has 1 amide bonds. The summed E-state index contributed by atoms with van der Waals surface area (Å²) in [7, 11) is 3.89. The van der Waals surface area contributed by atoms with Crippen molar-refractivity contribution in [1.82, 2.24) is 19.2 Å². The molecule has 0 bridgehead atoms. The first-order valence-corrected chi connectivity index (χ1v) is 10.6. The Morgan fingerprint density at radius 2 is 1.87 bits per heavy atom. The largest absolute Gasteiger partial charge is 0.492 e. The van der Waals surface area contributed by atoms with Crippen LogP contribution in [-0.4, -0.2) is 58.9 Å². The summed E-state index contributed by atoms with van der Waals surface area (Å²) in [5.74, 6) is 0.851. The number of aromatic nitrogens is 2. The van der Waals surface area contributed by atoms with Crippen LogP contribution >= 0.6 is 0 Å². The van der Waals surface area contributed by atoms with E-state index in [0.29, 0.717) is 18.8 Å². The van der Waals surface area contributed by atoms with E-state index in [0.717, 1.165) is 43.0 Å². The van der Waals surface area contributed by atoms with E-state index in [-0.39, 0.29) is 5.91 Å². The van der Waals surface area contributed by atoms with Crippen molar-refractivity contribution < 1.29 is 9.53 Å². The molecule has 2 aromatic heterocycles. The summed E-state index contributed by atoms with van der Waals surface area (Å²) in [6.07, 6.45) is 4.01. The van der Waals surface area contributed by atoms with Gasteiger partial charge in [0.25, 0.3) is 5.91 Å². The number of aryl methyl sites for hydroxylation is 1. The van der Waals surface area contributed by atoms with Crippen LogP contribution in [0.4, 0.5) is 0 Å². The van der Waals surface area contributed by atoms with Gasteiger partial charge in [-0.05, 0) is 44.7 Å². The number of amides is 1. The zero-order valence-corrected chi connectivity index (χ0v) is 18.5. The van der Waals surface area contributed by atoms with E-state index >= 15 is 0 Å². The normalized spacial score (nSPS) is 11.2. The number of imidazole rings is 1. The van der Waals surface area contributed by atoms with Gasteiger partial charge in [0.05, 0.1) is 5.69 Å². The molecule has 30 heavy (non-hydrogen) atoms. The van der Waals surface area contributed by atoms with Crippen LogP contribution in [0.2, 0.25) is 0 Å². The molecular weight excluding hydrogens is 376 g/mol. The van der Waals surface area contributed by atoms with Crippen molar-refractivity contribution in [2.24, 2.45) is 0 Å². The number of ether oxygens (including phenoxy) is 1. The Bertz CT molecular complexity index is 965. The number of likely N-dealkylation sites (N-methyl/N-ethyl adjacent to an activating group) is 1. The van der Waals surface area contributed by atoms with Crippen molar-refractivity contribution in [1.29, 1.82) is 0 Å². The summed E-state index contributed by atoms with van der Waals surface area (Å²) in [5, 5.41) is 0. The fourth-order valence-electron chi connectivity index (χ4n) is 3.34. The molecule has 0 fully saturated rings. The highest BCUT2D eigenvalue weighted by atomic mass is 16.5. The molecule has 0 aliphatic rings. The molecule has 0 saturated heterocycles. The van der Waals surface area contributed by atoms with Gasteiger partial charge in [0.1, 0.15) is 18.0 Å². The Labute approximate surface area is 179 Å². The van der Waals surface area contributed by atoms with Crippen LogP contribution in [0.15, 0.2) is 48.7 Å². The number of hydrogen-bond donors (Lipinski definition) is 0. The Morgan fingerprint density at radius 3 is 2.60 bits per heavy atom. The summed E-state index contributed by atoms with van der Waals surface area (Å²) in [6, 6.07) is 13.9. The molecule has 6 heteroatoms. The Balaban J connectivity index is 1.70.